The molecule has 0 amide bonds. The number of rotatable bonds is 2. The molecule has 0 saturated heterocycles. The van der Waals surface area contributed by atoms with Gasteiger partial charge < -0.3 is 5.32 Å². The molecule has 1 nitrogen and oxygen atoms in total. The zero-order chi connectivity index (χ0) is 10.6. The highest BCUT2D eigenvalue weighted by Gasteiger charge is 1.80. The summed E-state index contributed by atoms with van der Waals surface area (Å²) in [6.45, 7) is 16.1. The Bertz CT molecular complexity index is 75.1. The summed E-state index contributed by atoms with van der Waals surface area (Å²) in [7, 11) is 1.85. The summed E-state index contributed by atoms with van der Waals surface area (Å²) >= 11 is 0. The maximum Gasteiger partial charge on any atom is 0.00299 e. The van der Waals surface area contributed by atoms with Crippen LogP contribution in [0.5, 0.6) is 0 Å². The van der Waals surface area contributed by atoms with Crippen molar-refractivity contribution in [2.24, 2.45) is 5.92 Å². The van der Waals surface area contributed by atoms with E-state index in [2.05, 4.69) is 32.7 Å². The standard InChI is InChI=1S/C5H12.C4H9N.C2H6/c1-4-5(2)3;1-4(2)5-3;1-2/h5H,4H2,1-3H3;5H,1H2,2-3H3;1-2H3. The molecule has 0 aromatic carbocycles. The fourth-order valence-electron chi connectivity index (χ4n) is 0. The van der Waals surface area contributed by atoms with Gasteiger partial charge in [-0.05, 0) is 18.5 Å². The van der Waals surface area contributed by atoms with E-state index in [0.29, 0.717) is 0 Å². The van der Waals surface area contributed by atoms with Gasteiger partial charge in [-0.25, -0.2) is 0 Å². The molecule has 76 valence electrons. The number of hydrogen-bond donors (Lipinski definition) is 1. The molecular weight excluding hydrogens is 146 g/mol. The van der Waals surface area contributed by atoms with Crippen molar-refractivity contribution in [3.63, 3.8) is 0 Å². The zero-order valence-corrected chi connectivity index (χ0v) is 9.99. The van der Waals surface area contributed by atoms with Crippen molar-refractivity contribution in [2.75, 3.05) is 7.05 Å². The summed E-state index contributed by atoms with van der Waals surface area (Å²) in [5, 5.41) is 2.83. The van der Waals surface area contributed by atoms with Gasteiger partial charge in [0.2, 0.25) is 0 Å². The van der Waals surface area contributed by atoms with Crippen molar-refractivity contribution in [3.05, 3.63) is 12.3 Å². The van der Waals surface area contributed by atoms with Crippen LogP contribution in [0.25, 0.3) is 0 Å². The summed E-state index contributed by atoms with van der Waals surface area (Å²) < 4.78 is 0. The molecule has 0 atom stereocenters. The SMILES string of the molecule is C=C(C)NC.CC.CCC(C)C. The van der Waals surface area contributed by atoms with Crippen LogP contribution in [0.3, 0.4) is 0 Å². The van der Waals surface area contributed by atoms with Crippen molar-refractivity contribution in [3.8, 4) is 0 Å². The lowest BCUT2D eigenvalue weighted by Gasteiger charge is -1.90. The van der Waals surface area contributed by atoms with Crippen molar-refractivity contribution in [1.29, 1.82) is 0 Å². The highest BCUT2D eigenvalue weighted by Crippen LogP contribution is 1.93. The highest BCUT2D eigenvalue weighted by atomic mass is 14.8. The maximum atomic E-state index is 3.56. The van der Waals surface area contributed by atoms with E-state index in [1.54, 1.807) is 0 Å². The topological polar surface area (TPSA) is 12.0 Å². The Kier molecular flexibility index (Phi) is 24.7. The van der Waals surface area contributed by atoms with E-state index in [0.717, 1.165) is 11.6 Å². The van der Waals surface area contributed by atoms with Gasteiger partial charge in [-0.3, -0.25) is 0 Å². The van der Waals surface area contributed by atoms with E-state index in [9.17, 15) is 0 Å². The van der Waals surface area contributed by atoms with Crippen LogP contribution in [0.1, 0.15) is 48.0 Å². The molecule has 0 aromatic heterocycles. The zero-order valence-electron chi connectivity index (χ0n) is 9.99. The van der Waals surface area contributed by atoms with Crippen molar-refractivity contribution >= 4 is 0 Å². The molecule has 0 rings (SSSR count). The molecule has 0 aromatic rings. The van der Waals surface area contributed by atoms with Crippen molar-refractivity contribution in [2.45, 2.75) is 48.0 Å². The quantitative estimate of drug-likeness (QED) is 0.669. The minimum absolute atomic E-state index is 0.884. The van der Waals surface area contributed by atoms with Gasteiger partial charge in [0.05, 0.1) is 0 Å². The second-order valence-electron chi connectivity index (χ2n) is 2.83. The lowest BCUT2D eigenvalue weighted by Crippen LogP contribution is -1.98. The first kappa shape index (κ1) is 17.6. The Morgan fingerprint density at radius 1 is 1.33 bits per heavy atom. The van der Waals surface area contributed by atoms with Gasteiger partial charge >= 0.3 is 0 Å². The molecule has 0 radical (unpaired) electrons. The van der Waals surface area contributed by atoms with Gasteiger partial charge in [0, 0.05) is 7.05 Å². The molecule has 0 aliphatic heterocycles. The molecule has 0 aliphatic rings. The molecule has 0 bridgehead atoms. The van der Waals surface area contributed by atoms with Crippen molar-refractivity contribution < 1.29 is 0 Å². The van der Waals surface area contributed by atoms with Crippen LogP contribution in [-0.2, 0) is 0 Å². The first-order chi connectivity index (χ1) is 5.54. The summed E-state index contributed by atoms with van der Waals surface area (Å²) in [6.07, 6.45) is 1.31. The van der Waals surface area contributed by atoms with Gasteiger partial charge in [-0.1, -0.05) is 47.6 Å². The summed E-state index contributed by atoms with van der Waals surface area (Å²) in [6, 6.07) is 0. The molecule has 0 fully saturated rings. The Morgan fingerprint density at radius 2 is 1.50 bits per heavy atom. The Labute approximate surface area is 79.3 Å². The number of nitrogens with one attached hydrogen (secondary N) is 1. The molecule has 0 heterocycles. The largest absolute Gasteiger partial charge is 0.392 e. The third-order valence-electron chi connectivity index (χ3n) is 1.24. The van der Waals surface area contributed by atoms with Gasteiger partial charge in [0.25, 0.3) is 0 Å². The Morgan fingerprint density at radius 3 is 1.50 bits per heavy atom. The van der Waals surface area contributed by atoms with E-state index in [-0.39, 0.29) is 0 Å². The van der Waals surface area contributed by atoms with Crippen LogP contribution >= 0.6 is 0 Å². The molecule has 1 heteroatoms. The normalized spacial score (nSPS) is 7.33. The summed E-state index contributed by atoms with van der Waals surface area (Å²) in [4.78, 5) is 0. The van der Waals surface area contributed by atoms with E-state index in [1.807, 2.05) is 27.8 Å². The number of allylic oxidation sites excluding steroid dienone is 1. The van der Waals surface area contributed by atoms with Gasteiger partial charge in [-0.15, -0.1) is 0 Å². The van der Waals surface area contributed by atoms with E-state index >= 15 is 0 Å². The molecule has 0 unspecified atom stereocenters. The van der Waals surface area contributed by atoms with E-state index < -0.39 is 0 Å². The van der Waals surface area contributed by atoms with Gasteiger partial charge in [0.1, 0.15) is 0 Å². The maximum absolute atomic E-state index is 3.56. The Balaban J connectivity index is -0.000000112. The second-order valence-corrected chi connectivity index (χ2v) is 2.83. The third-order valence-corrected chi connectivity index (χ3v) is 1.24. The highest BCUT2D eigenvalue weighted by molar-refractivity contribution is 4.80. The molecule has 0 saturated carbocycles. The molecule has 0 aliphatic carbocycles. The molecule has 0 spiro atoms. The van der Waals surface area contributed by atoms with Crippen LogP contribution < -0.4 is 5.32 Å². The van der Waals surface area contributed by atoms with Crippen LogP contribution in [0.15, 0.2) is 12.3 Å². The third kappa shape index (κ3) is 55.5. The average Bonchev–Trinajstić information content (AvgIpc) is 2.09. The monoisotopic (exact) mass is 173 g/mol. The fourth-order valence-corrected chi connectivity index (χ4v) is 0. The second kappa shape index (κ2) is 16.9. The lowest BCUT2D eigenvalue weighted by atomic mass is 10.2. The van der Waals surface area contributed by atoms with E-state index in [1.165, 1.54) is 6.42 Å². The van der Waals surface area contributed by atoms with Crippen LogP contribution in [0, 0.1) is 5.92 Å². The fraction of sp³-hybridized carbons (Fsp3) is 0.818. The van der Waals surface area contributed by atoms with Crippen LogP contribution in [-0.4, -0.2) is 7.05 Å². The first-order valence-corrected chi connectivity index (χ1v) is 4.87. The molecule has 1 N–H and O–H groups in total. The summed E-state index contributed by atoms with van der Waals surface area (Å²) in [5.74, 6) is 0.884. The minimum atomic E-state index is 0.884. The van der Waals surface area contributed by atoms with Gasteiger partial charge in [-0.2, -0.15) is 0 Å². The minimum Gasteiger partial charge on any atom is -0.392 e. The predicted molar refractivity (Wildman–Crippen MR) is 60.4 cm³/mol. The molecular formula is C11H27N. The predicted octanol–water partition coefficient (Wildman–Crippen LogP) is 3.82. The van der Waals surface area contributed by atoms with Crippen LogP contribution in [0.2, 0.25) is 0 Å². The first-order valence-electron chi connectivity index (χ1n) is 4.87. The summed E-state index contributed by atoms with van der Waals surface area (Å²) in [5.41, 5.74) is 1.00. The smallest absolute Gasteiger partial charge is 0.00299 e. The van der Waals surface area contributed by atoms with Gasteiger partial charge in [0.15, 0.2) is 0 Å². The average molecular weight is 173 g/mol. The van der Waals surface area contributed by atoms with Crippen LogP contribution in [0.4, 0.5) is 0 Å². The lowest BCUT2D eigenvalue weighted by molar-refractivity contribution is 0.626. The number of hydrogen-bond acceptors (Lipinski definition) is 1. The van der Waals surface area contributed by atoms with E-state index in [4.69, 9.17) is 0 Å². The van der Waals surface area contributed by atoms with Crippen molar-refractivity contribution in [1.82, 2.24) is 5.32 Å². The molecule has 12 heavy (non-hydrogen) atoms. The Hall–Kier alpha value is -0.460.